The zero-order chi connectivity index (χ0) is 24.2. The number of halogens is 1. The second-order valence-electron chi connectivity index (χ2n) is 7.27. The molecule has 34 heavy (non-hydrogen) atoms. The van der Waals surface area contributed by atoms with Gasteiger partial charge in [0.1, 0.15) is 5.02 Å². The predicted molar refractivity (Wildman–Crippen MR) is 123 cm³/mol. The summed E-state index contributed by atoms with van der Waals surface area (Å²) in [5.41, 5.74) is 0.792. The van der Waals surface area contributed by atoms with Crippen LogP contribution >= 0.6 is 11.6 Å². The number of esters is 1. The normalized spacial score (nSPS) is 10.9. The fraction of sp³-hybridized carbons (Fsp3) is 0.125. The first-order chi connectivity index (χ1) is 16.4. The summed E-state index contributed by atoms with van der Waals surface area (Å²) >= 11 is 5.82. The summed E-state index contributed by atoms with van der Waals surface area (Å²) < 4.78 is 11.9. The van der Waals surface area contributed by atoms with E-state index in [0.717, 1.165) is 6.07 Å². The molecular formula is C24H17ClN2O7. The monoisotopic (exact) mass is 480 g/mol. The highest BCUT2D eigenvalue weighted by Gasteiger charge is 2.22. The summed E-state index contributed by atoms with van der Waals surface area (Å²) in [6.45, 7) is 0.276. The van der Waals surface area contributed by atoms with Crippen molar-refractivity contribution in [3.63, 3.8) is 0 Å². The number of nitrogens with zero attached hydrogens (tertiary/aromatic N) is 2. The van der Waals surface area contributed by atoms with Crippen LogP contribution in [0.2, 0.25) is 5.02 Å². The third-order valence-electron chi connectivity index (χ3n) is 5.13. The van der Waals surface area contributed by atoms with E-state index >= 15 is 0 Å². The van der Waals surface area contributed by atoms with Crippen LogP contribution in [0.1, 0.15) is 32.7 Å². The zero-order valence-corrected chi connectivity index (χ0v) is 18.4. The van der Waals surface area contributed by atoms with Gasteiger partial charge in [-0.05, 0) is 36.8 Å². The fourth-order valence-electron chi connectivity index (χ4n) is 3.50. The van der Waals surface area contributed by atoms with Crippen molar-refractivity contribution < 1.29 is 23.7 Å². The lowest BCUT2D eigenvalue weighted by Crippen LogP contribution is -2.17. The highest BCUT2D eigenvalue weighted by Crippen LogP contribution is 2.27. The number of para-hydroxylation sites is 2. The van der Waals surface area contributed by atoms with Gasteiger partial charge in [0.05, 0.1) is 22.6 Å². The van der Waals surface area contributed by atoms with E-state index in [-0.39, 0.29) is 34.9 Å². The first-order valence-electron chi connectivity index (χ1n) is 10.2. The summed E-state index contributed by atoms with van der Waals surface area (Å²) in [5, 5.41) is 11.0. The van der Waals surface area contributed by atoms with Gasteiger partial charge in [-0.15, -0.1) is 0 Å². The van der Waals surface area contributed by atoms with E-state index in [1.165, 1.54) is 28.8 Å². The highest BCUT2D eigenvalue weighted by molar-refractivity contribution is 6.33. The molecule has 3 aromatic carbocycles. The van der Waals surface area contributed by atoms with E-state index in [1.54, 1.807) is 36.4 Å². The van der Waals surface area contributed by atoms with E-state index in [9.17, 15) is 24.5 Å². The Morgan fingerprint density at radius 1 is 1.03 bits per heavy atom. The number of ketones is 1. The van der Waals surface area contributed by atoms with Crippen molar-refractivity contribution in [2.75, 3.05) is 6.61 Å². The average Bonchev–Trinajstić information content (AvgIpc) is 3.16. The number of rotatable bonds is 8. The molecule has 0 N–H and O–H groups in total. The molecule has 0 bridgehead atoms. The minimum Gasteiger partial charge on any atom is -0.462 e. The van der Waals surface area contributed by atoms with Gasteiger partial charge in [-0.25, -0.2) is 9.59 Å². The van der Waals surface area contributed by atoms with Gasteiger partial charge in [0, 0.05) is 23.7 Å². The maximum absolute atomic E-state index is 13.0. The lowest BCUT2D eigenvalue weighted by atomic mass is 9.98. The third-order valence-corrected chi connectivity index (χ3v) is 5.45. The molecule has 10 heteroatoms. The molecular weight excluding hydrogens is 464 g/mol. The SMILES string of the molecule is O=C(OCCCn1c(=O)oc2ccccc21)c1ccccc1C(=O)c1ccc(Cl)c([N+](=O)[O-])c1. The van der Waals surface area contributed by atoms with Gasteiger partial charge in [-0.3, -0.25) is 19.5 Å². The van der Waals surface area contributed by atoms with Crippen LogP contribution in [0.15, 0.2) is 75.9 Å². The van der Waals surface area contributed by atoms with Crippen molar-refractivity contribution in [2.45, 2.75) is 13.0 Å². The maximum atomic E-state index is 13.0. The van der Waals surface area contributed by atoms with Gasteiger partial charge in [-0.1, -0.05) is 41.9 Å². The Bertz CT molecular complexity index is 1470. The number of fused-ring (bicyclic) bond motifs is 1. The molecule has 0 fully saturated rings. The zero-order valence-electron chi connectivity index (χ0n) is 17.6. The van der Waals surface area contributed by atoms with E-state index in [1.807, 2.05) is 0 Å². The molecule has 1 aromatic heterocycles. The Morgan fingerprint density at radius 3 is 2.50 bits per heavy atom. The summed E-state index contributed by atoms with van der Waals surface area (Å²) in [7, 11) is 0. The first kappa shape index (κ1) is 22.9. The number of benzene rings is 3. The van der Waals surface area contributed by atoms with Crippen LogP contribution in [-0.2, 0) is 11.3 Å². The minimum atomic E-state index is -0.725. The number of carbonyl (C=O) groups excluding carboxylic acids is 2. The molecule has 0 saturated heterocycles. The summed E-state index contributed by atoms with van der Waals surface area (Å²) in [5.74, 6) is -1.80. The van der Waals surface area contributed by atoms with Gasteiger partial charge in [0.2, 0.25) is 0 Å². The molecule has 0 aliphatic heterocycles. The molecule has 0 saturated carbocycles. The summed E-state index contributed by atoms with van der Waals surface area (Å²) in [4.78, 5) is 48.1. The van der Waals surface area contributed by atoms with Crippen molar-refractivity contribution in [3.05, 3.63) is 109 Å². The van der Waals surface area contributed by atoms with Gasteiger partial charge < -0.3 is 9.15 Å². The molecule has 0 radical (unpaired) electrons. The first-order valence-corrected chi connectivity index (χ1v) is 10.6. The smallest absolute Gasteiger partial charge is 0.419 e. The van der Waals surface area contributed by atoms with Crippen LogP contribution in [0.4, 0.5) is 5.69 Å². The molecule has 0 aliphatic rings. The third kappa shape index (κ3) is 4.60. The number of hydrogen-bond acceptors (Lipinski definition) is 7. The number of aromatic nitrogens is 1. The molecule has 0 amide bonds. The number of hydrogen-bond donors (Lipinski definition) is 0. The number of nitro benzene ring substituents is 1. The van der Waals surface area contributed by atoms with Crippen molar-refractivity contribution in [3.8, 4) is 0 Å². The summed E-state index contributed by atoms with van der Waals surface area (Å²) in [6.07, 6.45) is 0.342. The number of nitro groups is 1. The molecule has 4 aromatic rings. The fourth-order valence-corrected chi connectivity index (χ4v) is 3.69. The van der Waals surface area contributed by atoms with Crippen molar-refractivity contribution in [1.82, 2.24) is 4.57 Å². The lowest BCUT2D eigenvalue weighted by molar-refractivity contribution is -0.384. The number of ether oxygens (including phenoxy) is 1. The lowest BCUT2D eigenvalue weighted by Gasteiger charge is -2.10. The highest BCUT2D eigenvalue weighted by atomic mass is 35.5. The Morgan fingerprint density at radius 2 is 1.74 bits per heavy atom. The van der Waals surface area contributed by atoms with Gasteiger partial charge in [-0.2, -0.15) is 0 Å². The van der Waals surface area contributed by atoms with Gasteiger partial charge in [0.25, 0.3) is 5.69 Å². The largest absolute Gasteiger partial charge is 0.462 e. The molecule has 1 heterocycles. The minimum absolute atomic E-state index is 0.000276. The van der Waals surface area contributed by atoms with E-state index in [0.29, 0.717) is 17.5 Å². The summed E-state index contributed by atoms with van der Waals surface area (Å²) in [6, 6.07) is 16.7. The molecule has 9 nitrogen and oxygen atoms in total. The van der Waals surface area contributed by atoms with Gasteiger partial charge >= 0.3 is 11.7 Å². The van der Waals surface area contributed by atoms with Crippen molar-refractivity contribution in [2.24, 2.45) is 0 Å². The second-order valence-corrected chi connectivity index (χ2v) is 7.68. The Labute approximate surface area is 197 Å². The Kier molecular flexibility index (Phi) is 6.55. The van der Waals surface area contributed by atoms with E-state index in [2.05, 4.69) is 0 Å². The van der Waals surface area contributed by atoms with Crippen LogP contribution < -0.4 is 5.76 Å². The number of aryl methyl sites for hydroxylation is 1. The topological polar surface area (TPSA) is 122 Å². The Balaban J connectivity index is 1.46. The van der Waals surface area contributed by atoms with Crippen LogP contribution in [0.25, 0.3) is 11.1 Å². The molecule has 4 rings (SSSR count). The quantitative estimate of drug-likeness (QED) is 0.118. The molecule has 0 aliphatic carbocycles. The second kappa shape index (κ2) is 9.72. The van der Waals surface area contributed by atoms with Crippen LogP contribution in [0, 0.1) is 10.1 Å². The molecule has 0 unspecified atom stereocenters. The van der Waals surface area contributed by atoms with E-state index in [4.69, 9.17) is 20.8 Å². The van der Waals surface area contributed by atoms with Crippen LogP contribution in [0.3, 0.4) is 0 Å². The average molecular weight is 481 g/mol. The molecule has 0 spiro atoms. The van der Waals surface area contributed by atoms with E-state index < -0.39 is 28.1 Å². The maximum Gasteiger partial charge on any atom is 0.419 e. The number of oxazole rings is 1. The van der Waals surface area contributed by atoms with Crippen molar-refractivity contribution in [1.29, 1.82) is 0 Å². The Hall–Kier alpha value is -4.24. The van der Waals surface area contributed by atoms with Gasteiger partial charge in [0.15, 0.2) is 11.4 Å². The number of carbonyl (C=O) groups is 2. The molecule has 0 atom stereocenters. The predicted octanol–water partition coefficient (Wildman–Crippen LogP) is 4.63. The standard InChI is InChI=1S/C24H17ClN2O7/c25-18-11-10-15(14-20(18)27(31)32)22(28)16-6-1-2-7-17(16)23(29)33-13-5-12-26-19-8-3-4-9-21(19)34-24(26)30/h1-4,6-11,14H,5,12-13H2. The van der Waals surface area contributed by atoms with Crippen LogP contribution in [-0.4, -0.2) is 27.8 Å². The van der Waals surface area contributed by atoms with Crippen LogP contribution in [0.5, 0.6) is 0 Å². The molecule has 172 valence electrons. The van der Waals surface area contributed by atoms with Crippen molar-refractivity contribution >= 4 is 40.1 Å².